The molecule has 1 aromatic heterocycles. The Morgan fingerprint density at radius 2 is 2.00 bits per heavy atom. The first kappa shape index (κ1) is 17.6. The van der Waals surface area contributed by atoms with Gasteiger partial charge in [0, 0.05) is 42.9 Å². The molecule has 1 heterocycles. The Balaban J connectivity index is 1.67. The van der Waals surface area contributed by atoms with E-state index in [1.54, 1.807) is 18.3 Å². The van der Waals surface area contributed by atoms with Gasteiger partial charge < -0.3 is 4.90 Å². The smallest absolute Gasteiger partial charge is 0.270 e. The van der Waals surface area contributed by atoms with Crippen LogP contribution in [0.2, 0.25) is 0 Å². The molecule has 0 aliphatic carbocycles. The second-order valence-electron chi connectivity index (χ2n) is 5.70. The van der Waals surface area contributed by atoms with Gasteiger partial charge in [-0.3, -0.25) is 15.5 Å². The summed E-state index contributed by atoms with van der Waals surface area (Å²) in [5.74, 6) is 0. The molecule has 0 bridgehead atoms. The van der Waals surface area contributed by atoms with Crippen LogP contribution in [0.25, 0.3) is 11.3 Å². The molecule has 3 rings (SSSR count). The molecule has 0 saturated carbocycles. The summed E-state index contributed by atoms with van der Waals surface area (Å²) in [6, 6.07) is 14.4. The lowest BCUT2D eigenvalue weighted by atomic mass is 10.1. The zero-order valence-electron chi connectivity index (χ0n) is 14.3. The van der Waals surface area contributed by atoms with Crippen molar-refractivity contribution in [1.82, 2.24) is 4.98 Å². The van der Waals surface area contributed by atoms with E-state index >= 15 is 0 Å². The number of non-ortho nitro benzene ring substituents is 1. The molecule has 0 saturated heterocycles. The fourth-order valence-corrected chi connectivity index (χ4v) is 2.93. The van der Waals surface area contributed by atoms with Crippen LogP contribution in [-0.2, 0) is 0 Å². The number of hydrazone groups is 1. The van der Waals surface area contributed by atoms with Crippen molar-refractivity contribution in [3.63, 3.8) is 0 Å². The van der Waals surface area contributed by atoms with Crippen LogP contribution in [0.4, 0.5) is 16.5 Å². The van der Waals surface area contributed by atoms with E-state index in [9.17, 15) is 10.1 Å². The molecule has 8 heteroatoms. The molecular formula is C18H17N5O2S. The third-order valence-electron chi connectivity index (χ3n) is 3.64. The highest BCUT2D eigenvalue weighted by Gasteiger charge is 2.09. The van der Waals surface area contributed by atoms with Gasteiger partial charge in [-0.1, -0.05) is 24.3 Å². The van der Waals surface area contributed by atoms with Crippen molar-refractivity contribution in [3.8, 4) is 11.3 Å². The minimum absolute atomic E-state index is 0.0456. The molecule has 0 aliphatic rings. The number of benzene rings is 2. The highest BCUT2D eigenvalue weighted by Crippen LogP contribution is 2.27. The van der Waals surface area contributed by atoms with Crippen LogP contribution in [0.1, 0.15) is 5.56 Å². The van der Waals surface area contributed by atoms with Gasteiger partial charge in [0.05, 0.1) is 16.8 Å². The second kappa shape index (κ2) is 7.75. The lowest BCUT2D eigenvalue weighted by Crippen LogP contribution is -2.08. The predicted molar refractivity (Wildman–Crippen MR) is 106 cm³/mol. The average Bonchev–Trinajstić information content (AvgIpc) is 3.11. The molecule has 0 aliphatic heterocycles. The topological polar surface area (TPSA) is 83.7 Å². The Hall–Kier alpha value is -3.26. The first-order chi connectivity index (χ1) is 12.5. The number of hydrogen-bond donors (Lipinski definition) is 1. The number of nitrogens with zero attached hydrogens (tertiary/aromatic N) is 4. The maximum absolute atomic E-state index is 10.9. The highest BCUT2D eigenvalue weighted by molar-refractivity contribution is 7.14. The van der Waals surface area contributed by atoms with Crippen molar-refractivity contribution in [2.45, 2.75) is 0 Å². The number of anilines is 2. The summed E-state index contributed by atoms with van der Waals surface area (Å²) < 4.78 is 0. The maximum Gasteiger partial charge on any atom is 0.270 e. The maximum atomic E-state index is 10.9. The first-order valence-electron chi connectivity index (χ1n) is 7.80. The van der Waals surface area contributed by atoms with E-state index in [0.29, 0.717) is 16.4 Å². The van der Waals surface area contributed by atoms with Gasteiger partial charge in [0.25, 0.3) is 5.69 Å². The minimum Gasteiger partial charge on any atom is -0.378 e. The fourth-order valence-electron chi connectivity index (χ4n) is 2.26. The zero-order chi connectivity index (χ0) is 18.5. The van der Waals surface area contributed by atoms with Crippen LogP contribution in [0.15, 0.2) is 59.0 Å². The number of nitrogens with one attached hydrogen (secondary N) is 1. The number of rotatable bonds is 6. The molecule has 0 amide bonds. The van der Waals surface area contributed by atoms with Gasteiger partial charge in [0.2, 0.25) is 5.13 Å². The summed E-state index contributed by atoms with van der Waals surface area (Å²) in [5.41, 5.74) is 6.40. The Kier molecular flexibility index (Phi) is 5.23. The molecule has 0 radical (unpaired) electrons. The number of hydrogen-bond acceptors (Lipinski definition) is 7. The molecule has 0 spiro atoms. The van der Waals surface area contributed by atoms with E-state index < -0.39 is 4.92 Å². The summed E-state index contributed by atoms with van der Waals surface area (Å²) in [7, 11) is 3.98. The molecule has 26 heavy (non-hydrogen) atoms. The van der Waals surface area contributed by atoms with Crippen LogP contribution in [0.3, 0.4) is 0 Å². The molecule has 2 aromatic carbocycles. The number of aromatic nitrogens is 1. The van der Waals surface area contributed by atoms with E-state index in [4.69, 9.17) is 0 Å². The van der Waals surface area contributed by atoms with Gasteiger partial charge in [-0.15, -0.1) is 11.3 Å². The molecule has 3 aromatic rings. The Labute approximate surface area is 154 Å². The van der Waals surface area contributed by atoms with Gasteiger partial charge in [-0.05, 0) is 17.7 Å². The monoisotopic (exact) mass is 367 g/mol. The van der Waals surface area contributed by atoms with Crippen molar-refractivity contribution in [2.24, 2.45) is 5.10 Å². The van der Waals surface area contributed by atoms with Gasteiger partial charge in [0.15, 0.2) is 0 Å². The Morgan fingerprint density at radius 1 is 1.23 bits per heavy atom. The van der Waals surface area contributed by atoms with Crippen molar-refractivity contribution in [3.05, 3.63) is 69.6 Å². The number of nitro benzene ring substituents is 1. The van der Waals surface area contributed by atoms with E-state index in [-0.39, 0.29) is 5.69 Å². The fraction of sp³-hybridized carbons (Fsp3) is 0.111. The Bertz CT molecular complexity index is 935. The van der Waals surface area contributed by atoms with Crippen LogP contribution in [0.5, 0.6) is 0 Å². The standard InChI is InChI=1S/C18H17N5O2S/c1-22(2)15-8-6-13(7-9-15)11-19-21-18-20-17(12-26-18)14-4-3-5-16(10-14)23(24)25/h3-12H,1-2H3,(H,20,21)/b19-11+. The van der Waals surface area contributed by atoms with Crippen LogP contribution in [-0.4, -0.2) is 30.2 Å². The summed E-state index contributed by atoms with van der Waals surface area (Å²) in [5, 5.41) is 17.5. The first-order valence-corrected chi connectivity index (χ1v) is 8.68. The van der Waals surface area contributed by atoms with Crippen LogP contribution >= 0.6 is 11.3 Å². The third kappa shape index (κ3) is 4.22. The predicted octanol–water partition coefficient (Wildman–Crippen LogP) is 4.23. The molecule has 0 atom stereocenters. The van der Waals surface area contributed by atoms with Crippen LogP contribution < -0.4 is 10.3 Å². The average molecular weight is 367 g/mol. The molecule has 0 fully saturated rings. The highest BCUT2D eigenvalue weighted by atomic mass is 32.1. The molecular weight excluding hydrogens is 350 g/mol. The largest absolute Gasteiger partial charge is 0.378 e. The van der Waals surface area contributed by atoms with E-state index in [1.165, 1.54) is 23.5 Å². The van der Waals surface area contributed by atoms with Gasteiger partial charge in [0.1, 0.15) is 0 Å². The van der Waals surface area contributed by atoms with Crippen molar-refractivity contribution < 1.29 is 4.92 Å². The number of thiazole rings is 1. The van der Waals surface area contributed by atoms with Gasteiger partial charge >= 0.3 is 0 Å². The van der Waals surface area contributed by atoms with Crippen molar-refractivity contribution in [1.29, 1.82) is 0 Å². The summed E-state index contributed by atoms with van der Waals surface area (Å²) in [6.07, 6.45) is 1.72. The van der Waals surface area contributed by atoms with E-state index in [2.05, 4.69) is 15.5 Å². The lowest BCUT2D eigenvalue weighted by Gasteiger charge is -2.11. The normalized spacial score (nSPS) is 10.8. The van der Waals surface area contributed by atoms with Gasteiger partial charge in [-0.2, -0.15) is 5.10 Å². The molecule has 0 unspecified atom stereocenters. The quantitative estimate of drug-likeness (QED) is 0.400. The summed E-state index contributed by atoms with van der Waals surface area (Å²) >= 11 is 1.39. The molecule has 1 N–H and O–H groups in total. The number of nitro groups is 1. The van der Waals surface area contributed by atoms with Crippen LogP contribution in [0, 0.1) is 10.1 Å². The Morgan fingerprint density at radius 3 is 2.69 bits per heavy atom. The minimum atomic E-state index is -0.416. The zero-order valence-corrected chi connectivity index (χ0v) is 15.1. The summed E-state index contributed by atoms with van der Waals surface area (Å²) in [4.78, 5) is 16.9. The van der Waals surface area contributed by atoms with E-state index in [0.717, 1.165) is 11.3 Å². The second-order valence-corrected chi connectivity index (χ2v) is 6.56. The lowest BCUT2D eigenvalue weighted by molar-refractivity contribution is -0.384. The van der Waals surface area contributed by atoms with Gasteiger partial charge in [-0.25, -0.2) is 4.98 Å². The SMILES string of the molecule is CN(C)c1ccc(/C=N/Nc2nc(-c3cccc([N+](=O)[O-])c3)cs2)cc1. The summed E-state index contributed by atoms with van der Waals surface area (Å²) in [6.45, 7) is 0. The molecule has 7 nitrogen and oxygen atoms in total. The molecule has 132 valence electrons. The van der Waals surface area contributed by atoms with Crippen molar-refractivity contribution >= 4 is 34.1 Å². The van der Waals surface area contributed by atoms with Crippen molar-refractivity contribution in [2.75, 3.05) is 24.4 Å². The third-order valence-corrected chi connectivity index (χ3v) is 4.39. The van der Waals surface area contributed by atoms with E-state index in [1.807, 2.05) is 48.6 Å².